The van der Waals surface area contributed by atoms with Crippen LogP contribution in [-0.2, 0) is 13.0 Å². The Hall–Kier alpha value is -2.58. The number of nitrogens with one attached hydrogen (secondary N) is 1. The Morgan fingerprint density at radius 2 is 2.04 bits per heavy atom. The van der Waals surface area contributed by atoms with E-state index in [1.54, 1.807) is 17.5 Å². The average molecular weight is 380 g/mol. The molecule has 5 rings (SSSR count). The van der Waals surface area contributed by atoms with E-state index < -0.39 is 0 Å². The molecule has 0 radical (unpaired) electrons. The fourth-order valence-corrected chi connectivity index (χ4v) is 4.35. The van der Waals surface area contributed by atoms with Gasteiger partial charge >= 0.3 is 0 Å². The molecule has 4 heterocycles. The summed E-state index contributed by atoms with van der Waals surface area (Å²) in [6.45, 7) is 5.31. The molecular formula is C19H20N6OS. The maximum absolute atomic E-state index is 11.8. The summed E-state index contributed by atoms with van der Waals surface area (Å²) in [4.78, 5) is 30.0. The molecule has 0 bridgehead atoms. The van der Waals surface area contributed by atoms with Gasteiger partial charge in [-0.1, -0.05) is 6.07 Å². The van der Waals surface area contributed by atoms with E-state index in [4.69, 9.17) is 0 Å². The second kappa shape index (κ2) is 6.86. The largest absolute Gasteiger partial charge is 0.352 e. The zero-order valence-corrected chi connectivity index (χ0v) is 15.7. The van der Waals surface area contributed by atoms with E-state index in [0.29, 0.717) is 12.1 Å². The summed E-state index contributed by atoms with van der Waals surface area (Å²) in [7, 11) is 0. The van der Waals surface area contributed by atoms with Crippen molar-refractivity contribution in [2.24, 2.45) is 0 Å². The van der Waals surface area contributed by atoms with Crippen molar-refractivity contribution in [3.05, 3.63) is 46.7 Å². The number of rotatable bonds is 3. The van der Waals surface area contributed by atoms with E-state index in [1.165, 1.54) is 10.3 Å². The van der Waals surface area contributed by atoms with Gasteiger partial charge in [-0.05, 0) is 17.7 Å². The van der Waals surface area contributed by atoms with E-state index in [0.717, 1.165) is 56.3 Å². The van der Waals surface area contributed by atoms with Crippen molar-refractivity contribution in [1.29, 1.82) is 0 Å². The SMILES string of the molecule is O=C1NCCc2nc(N3CCN(Cc4ccc5scnc5c4)CC3)ncc21. The highest BCUT2D eigenvalue weighted by molar-refractivity contribution is 7.16. The summed E-state index contributed by atoms with van der Waals surface area (Å²) in [5.41, 5.74) is 5.76. The van der Waals surface area contributed by atoms with Crippen LogP contribution in [0, 0.1) is 0 Å². The molecule has 7 nitrogen and oxygen atoms in total. The summed E-state index contributed by atoms with van der Waals surface area (Å²) in [5.74, 6) is 0.677. The molecule has 1 amide bonds. The fraction of sp³-hybridized carbons (Fsp3) is 0.368. The van der Waals surface area contributed by atoms with Crippen LogP contribution in [-0.4, -0.2) is 58.5 Å². The zero-order valence-electron chi connectivity index (χ0n) is 14.9. The van der Waals surface area contributed by atoms with Gasteiger partial charge in [0.2, 0.25) is 5.95 Å². The summed E-state index contributed by atoms with van der Waals surface area (Å²) in [5, 5.41) is 2.83. The summed E-state index contributed by atoms with van der Waals surface area (Å²) in [6, 6.07) is 6.55. The van der Waals surface area contributed by atoms with Gasteiger partial charge in [-0.3, -0.25) is 9.69 Å². The Bertz CT molecular complexity index is 995. The van der Waals surface area contributed by atoms with Crippen molar-refractivity contribution in [2.75, 3.05) is 37.6 Å². The van der Waals surface area contributed by atoms with Crippen molar-refractivity contribution in [3.63, 3.8) is 0 Å². The highest BCUT2D eigenvalue weighted by Crippen LogP contribution is 2.21. The zero-order chi connectivity index (χ0) is 18.2. The van der Waals surface area contributed by atoms with E-state index in [1.807, 2.05) is 5.51 Å². The minimum absolute atomic E-state index is 0.0651. The first-order valence-electron chi connectivity index (χ1n) is 9.20. The normalized spacial score (nSPS) is 17.8. The van der Waals surface area contributed by atoms with Gasteiger partial charge in [0.05, 0.1) is 27.0 Å². The second-order valence-corrected chi connectivity index (χ2v) is 7.84. The first kappa shape index (κ1) is 16.6. The van der Waals surface area contributed by atoms with E-state index in [9.17, 15) is 4.79 Å². The van der Waals surface area contributed by atoms with Crippen LogP contribution in [0.15, 0.2) is 29.9 Å². The van der Waals surface area contributed by atoms with Gasteiger partial charge in [-0.15, -0.1) is 11.3 Å². The molecular weight excluding hydrogens is 360 g/mol. The van der Waals surface area contributed by atoms with Crippen LogP contribution >= 0.6 is 11.3 Å². The van der Waals surface area contributed by atoms with Gasteiger partial charge in [0.25, 0.3) is 5.91 Å². The van der Waals surface area contributed by atoms with Gasteiger partial charge < -0.3 is 10.2 Å². The molecule has 27 heavy (non-hydrogen) atoms. The Kier molecular flexibility index (Phi) is 4.21. The number of hydrogen-bond donors (Lipinski definition) is 1. The molecule has 0 unspecified atom stereocenters. The highest BCUT2D eigenvalue weighted by Gasteiger charge is 2.23. The molecule has 3 aromatic rings. The topological polar surface area (TPSA) is 74.2 Å². The minimum atomic E-state index is -0.0651. The van der Waals surface area contributed by atoms with Gasteiger partial charge in [0, 0.05) is 51.9 Å². The Labute approximate surface area is 161 Å². The summed E-state index contributed by atoms with van der Waals surface area (Å²) >= 11 is 1.68. The molecule has 1 N–H and O–H groups in total. The number of amides is 1. The number of fused-ring (bicyclic) bond motifs is 2. The molecule has 2 aromatic heterocycles. The lowest BCUT2D eigenvalue weighted by molar-refractivity contribution is 0.0944. The Morgan fingerprint density at radius 3 is 2.93 bits per heavy atom. The molecule has 0 aliphatic carbocycles. The molecule has 1 aromatic carbocycles. The van der Waals surface area contributed by atoms with Gasteiger partial charge in [0.15, 0.2) is 0 Å². The molecule has 2 aliphatic heterocycles. The van der Waals surface area contributed by atoms with Crippen molar-refractivity contribution >= 4 is 33.4 Å². The predicted octanol–water partition coefficient (Wildman–Crippen LogP) is 1.69. The number of nitrogens with zero attached hydrogens (tertiary/aromatic N) is 5. The molecule has 8 heteroatoms. The van der Waals surface area contributed by atoms with Crippen LogP contribution in [0.3, 0.4) is 0 Å². The Morgan fingerprint density at radius 1 is 1.15 bits per heavy atom. The summed E-state index contributed by atoms with van der Waals surface area (Å²) in [6.07, 6.45) is 2.44. The molecule has 1 saturated heterocycles. The lowest BCUT2D eigenvalue weighted by Gasteiger charge is -2.35. The molecule has 2 aliphatic rings. The molecule has 0 atom stereocenters. The van der Waals surface area contributed by atoms with Crippen LogP contribution < -0.4 is 10.2 Å². The van der Waals surface area contributed by atoms with Crippen LogP contribution in [0.25, 0.3) is 10.2 Å². The van der Waals surface area contributed by atoms with E-state index in [2.05, 4.69) is 48.3 Å². The van der Waals surface area contributed by atoms with Crippen molar-refractivity contribution < 1.29 is 4.79 Å². The number of piperazine rings is 1. The van der Waals surface area contributed by atoms with Gasteiger partial charge in [-0.2, -0.15) is 0 Å². The number of carbonyl (C=O) groups is 1. The monoisotopic (exact) mass is 380 g/mol. The number of anilines is 1. The highest BCUT2D eigenvalue weighted by atomic mass is 32.1. The lowest BCUT2D eigenvalue weighted by atomic mass is 10.1. The number of thiazole rings is 1. The van der Waals surface area contributed by atoms with Crippen LogP contribution in [0.4, 0.5) is 5.95 Å². The number of benzene rings is 1. The van der Waals surface area contributed by atoms with Crippen LogP contribution in [0.5, 0.6) is 0 Å². The Balaban J connectivity index is 1.24. The third kappa shape index (κ3) is 3.26. The molecule has 0 saturated carbocycles. The van der Waals surface area contributed by atoms with Crippen LogP contribution in [0.1, 0.15) is 21.6 Å². The van der Waals surface area contributed by atoms with Gasteiger partial charge in [0.1, 0.15) is 0 Å². The first-order valence-corrected chi connectivity index (χ1v) is 10.1. The number of aromatic nitrogens is 3. The second-order valence-electron chi connectivity index (χ2n) is 6.95. The third-order valence-electron chi connectivity index (χ3n) is 5.20. The van der Waals surface area contributed by atoms with Crippen LogP contribution in [0.2, 0.25) is 0 Å². The quantitative estimate of drug-likeness (QED) is 0.745. The van der Waals surface area contributed by atoms with E-state index in [-0.39, 0.29) is 5.91 Å². The number of carbonyl (C=O) groups excluding carboxylic acids is 1. The van der Waals surface area contributed by atoms with Crippen molar-refractivity contribution in [2.45, 2.75) is 13.0 Å². The average Bonchev–Trinajstić information content (AvgIpc) is 3.16. The van der Waals surface area contributed by atoms with E-state index >= 15 is 0 Å². The van der Waals surface area contributed by atoms with Crippen molar-refractivity contribution in [1.82, 2.24) is 25.2 Å². The van der Waals surface area contributed by atoms with Gasteiger partial charge in [-0.25, -0.2) is 15.0 Å². The predicted molar refractivity (Wildman–Crippen MR) is 105 cm³/mol. The first-order chi connectivity index (χ1) is 13.3. The number of hydrogen-bond acceptors (Lipinski definition) is 7. The standard InChI is InChI=1S/C19H20N6OS/c26-18-14-10-21-19(23-15(14)3-4-20-18)25-7-5-24(6-8-25)11-13-1-2-17-16(9-13)22-12-27-17/h1-2,9-10,12H,3-8,11H2,(H,20,26). The molecule has 1 fully saturated rings. The fourth-order valence-electron chi connectivity index (χ4n) is 3.69. The summed E-state index contributed by atoms with van der Waals surface area (Å²) < 4.78 is 1.24. The third-order valence-corrected chi connectivity index (χ3v) is 6.01. The maximum atomic E-state index is 11.8. The maximum Gasteiger partial charge on any atom is 0.254 e. The smallest absolute Gasteiger partial charge is 0.254 e. The molecule has 0 spiro atoms. The minimum Gasteiger partial charge on any atom is -0.352 e. The lowest BCUT2D eigenvalue weighted by Crippen LogP contribution is -2.46. The van der Waals surface area contributed by atoms with Crippen molar-refractivity contribution in [3.8, 4) is 0 Å². The molecule has 138 valence electrons.